The maximum atomic E-state index is 12.0. The van der Waals surface area contributed by atoms with Gasteiger partial charge in [-0.3, -0.25) is 4.79 Å². The van der Waals surface area contributed by atoms with Gasteiger partial charge in [0, 0.05) is 0 Å². The summed E-state index contributed by atoms with van der Waals surface area (Å²) in [4.78, 5) is 13.2. The van der Waals surface area contributed by atoms with Crippen LogP contribution < -0.4 is 5.73 Å². The first kappa shape index (κ1) is 15.1. The van der Waals surface area contributed by atoms with E-state index >= 15 is 0 Å². The van der Waals surface area contributed by atoms with Crippen molar-refractivity contribution in [1.82, 2.24) is 0 Å². The number of alkyl halides is 6. The zero-order chi connectivity index (χ0) is 13.1. The normalized spacial score (nSPS) is 14.4. The van der Waals surface area contributed by atoms with Gasteiger partial charge in [-0.05, 0) is 6.26 Å². The quantitative estimate of drug-likeness (QED) is 0.449. The number of aliphatic imine (C=N–C) groups is 1. The third-order valence-corrected chi connectivity index (χ3v) is 1.84. The molecule has 0 atom stereocenters. The molecule has 0 radical (unpaired) electrons. The van der Waals surface area contributed by atoms with Crippen LogP contribution in [0.5, 0.6) is 0 Å². The number of hydrogen-bond donors (Lipinski definition) is 1. The van der Waals surface area contributed by atoms with E-state index in [9.17, 15) is 31.1 Å². The summed E-state index contributed by atoms with van der Waals surface area (Å²) < 4.78 is 71.8. The molecule has 0 fully saturated rings. The number of nitrogens with zero attached hydrogens (tertiary/aromatic N) is 1. The Morgan fingerprint density at radius 1 is 1.19 bits per heavy atom. The van der Waals surface area contributed by atoms with Gasteiger partial charge in [0.1, 0.15) is 0 Å². The van der Waals surface area contributed by atoms with Crippen LogP contribution in [0.1, 0.15) is 0 Å². The molecule has 0 aromatic heterocycles. The van der Waals surface area contributed by atoms with Gasteiger partial charge >= 0.3 is 12.4 Å². The van der Waals surface area contributed by atoms with Crippen LogP contribution in [-0.4, -0.2) is 29.7 Å². The molecule has 0 aliphatic heterocycles. The number of halogens is 6. The maximum Gasteiger partial charge on any atom is 0.409 e. The van der Waals surface area contributed by atoms with Crippen LogP contribution in [-0.2, 0) is 4.79 Å². The second-order valence-corrected chi connectivity index (χ2v) is 3.34. The molecule has 0 rings (SSSR count). The van der Waals surface area contributed by atoms with Crippen LogP contribution in [0.2, 0.25) is 0 Å². The van der Waals surface area contributed by atoms with E-state index in [1.165, 1.54) is 6.26 Å². The lowest BCUT2D eigenvalue weighted by Gasteiger charge is -2.19. The molecular weight excluding hydrogens is 262 g/mol. The molecule has 2 N–H and O–H groups in total. The van der Waals surface area contributed by atoms with Crippen LogP contribution in [0.15, 0.2) is 4.99 Å². The van der Waals surface area contributed by atoms with Crippen molar-refractivity contribution in [3.05, 3.63) is 0 Å². The van der Waals surface area contributed by atoms with E-state index in [4.69, 9.17) is 5.73 Å². The molecule has 10 heteroatoms. The Kier molecular flexibility index (Phi) is 4.65. The number of thioether (sulfide) groups is 1. The number of carbonyl (C=O) groups excluding carboxylic acids is 1. The summed E-state index contributed by atoms with van der Waals surface area (Å²) >= 11 is 0.564. The Bertz CT molecular complexity index is 282. The highest BCUT2D eigenvalue weighted by Gasteiger charge is 2.61. The van der Waals surface area contributed by atoms with Gasteiger partial charge in [-0.2, -0.15) is 31.3 Å². The van der Waals surface area contributed by atoms with E-state index in [1.807, 2.05) is 0 Å². The third kappa shape index (κ3) is 4.29. The number of amidine groups is 1. The largest absolute Gasteiger partial charge is 0.409 e. The summed E-state index contributed by atoms with van der Waals surface area (Å²) in [6, 6.07) is 0. The fraction of sp³-hybridized carbons (Fsp3) is 0.667. The highest BCUT2D eigenvalue weighted by atomic mass is 32.2. The summed E-state index contributed by atoms with van der Waals surface area (Å²) in [7, 11) is 0. The average molecular weight is 268 g/mol. The van der Waals surface area contributed by atoms with Gasteiger partial charge in [0.2, 0.25) is 5.92 Å². The minimum absolute atomic E-state index is 0.564. The van der Waals surface area contributed by atoms with Crippen molar-refractivity contribution in [1.29, 1.82) is 0 Å². The molecule has 0 saturated heterocycles. The van der Waals surface area contributed by atoms with Crippen molar-refractivity contribution in [2.45, 2.75) is 12.4 Å². The first-order valence-corrected chi connectivity index (χ1v) is 4.78. The van der Waals surface area contributed by atoms with Gasteiger partial charge < -0.3 is 5.73 Å². The Hall–Kier alpha value is -0.930. The second kappa shape index (κ2) is 4.93. The van der Waals surface area contributed by atoms with Crippen molar-refractivity contribution < 1.29 is 31.1 Å². The summed E-state index contributed by atoms with van der Waals surface area (Å²) in [5.41, 5.74) is 4.86. The number of amides is 1. The van der Waals surface area contributed by atoms with Gasteiger partial charge in [0.25, 0.3) is 5.91 Å². The van der Waals surface area contributed by atoms with Crippen LogP contribution >= 0.6 is 11.8 Å². The number of hydrogen-bond acceptors (Lipinski definition) is 2. The van der Waals surface area contributed by atoms with Gasteiger partial charge in [-0.15, -0.1) is 0 Å². The first-order valence-electron chi connectivity index (χ1n) is 3.55. The first-order chi connectivity index (χ1) is 7.00. The number of rotatable bonds is 1. The molecule has 0 aliphatic rings. The van der Waals surface area contributed by atoms with Crippen LogP contribution in [0.3, 0.4) is 0 Å². The molecule has 0 aromatic rings. The summed E-state index contributed by atoms with van der Waals surface area (Å²) in [6.07, 6.45) is -10.2. The third-order valence-electron chi connectivity index (χ3n) is 1.33. The fourth-order valence-electron chi connectivity index (χ4n) is 0.684. The van der Waals surface area contributed by atoms with E-state index in [0.717, 1.165) is 0 Å². The zero-order valence-corrected chi connectivity index (χ0v) is 8.50. The summed E-state index contributed by atoms with van der Waals surface area (Å²) in [5.74, 6) is -6.50. The highest BCUT2D eigenvalue weighted by molar-refractivity contribution is 8.13. The topological polar surface area (TPSA) is 55.4 Å². The Morgan fingerprint density at radius 3 is 1.81 bits per heavy atom. The minimum Gasteiger partial charge on any atom is -0.378 e. The lowest BCUT2D eigenvalue weighted by Crippen LogP contribution is -2.42. The van der Waals surface area contributed by atoms with E-state index in [-0.39, 0.29) is 0 Å². The van der Waals surface area contributed by atoms with Crippen LogP contribution in [0.4, 0.5) is 26.3 Å². The zero-order valence-electron chi connectivity index (χ0n) is 7.69. The molecule has 0 heterocycles. The molecule has 0 aromatic carbocycles. The lowest BCUT2D eigenvalue weighted by molar-refractivity contribution is -0.273. The molecule has 0 aliphatic carbocycles. The summed E-state index contributed by atoms with van der Waals surface area (Å²) in [6.45, 7) is 0. The Morgan fingerprint density at radius 2 is 1.56 bits per heavy atom. The van der Waals surface area contributed by atoms with Crippen LogP contribution in [0, 0.1) is 5.92 Å². The summed E-state index contributed by atoms with van der Waals surface area (Å²) in [5, 5.41) is -0.663. The molecular formula is C6H6F6N2OS. The lowest BCUT2D eigenvalue weighted by atomic mass is 10.1. The van der Waals surface area contributed by atoms with Crippen molar-refractivity contribution in [3.8, 4) is 0 Å². The van der Waals surface area contributed by atoms with E-state index < -0.39 is 29.3 Å². The smallest absolute Gasteiger partial charge is 0.378 e. The maximum absolute atomic E-state index is 12.0. The number of nitrogens with two attached hydrogens (primary N) is 1. The Labute approximate surface area is 90.1 Å². The van der Waals surface area contributed by atoms with E-state index in [2.05, 4.69) is 4.99 Å². The SMILES string of the molecule is CS/C(N)=N/C(=O)C(C(F)(F)F)C(F)(F)F. The predicted octanol–water partition coefficient (Wildman–Crippen LogP) is 1.93. The molecule has 0 bridgehead atoms. The predicted molar refractivity (Wildman–Crippen MR) is 45.7 cm³/mol. The van der Waals surface area contributed by atoms with Gasteiger partial charge in [0.05, 0.1) is 0 Å². The minimum atomic E-state index is -5.74. The van der Waals surface area contributed by atoms with Crippen LogP contribution in [0.25, 0.3) is 0 Å². The Balaban J connectivity index is 5.17. The molecule has 0 spiro atoms. The van der Waals surface area contributed by atoms with Crippen molar-refractivity contribution in [2.75, 3.05) is 6.26 Å². The average Bonchev–Trinajstić information content (AvgIpc) is 1.97. The van der Waals surface area contributed by atoms with Gasteiger partial charge in [-0.1, -0.05) is 11.8 Å². The fourth-order valence-corrected chi connectivity index (χ4v) is 0.866. The standard InChI is InChI=1S/C6H6F6N2OS/c1-16-4(13)14-3(15)2(5(7,8)9)6(10,11)12/h2H,1H3,(H2,13,14,15). The molecule has 94 valence electrons. The molecule has 16 heavy (non-hydrogen) atoms. The highest BCUT2D eigenvalue weighted by Crippen LogP contribution is 2.40. The monoisotopic (exact) mass is 268 g/mol. The van der Waals surface area contributed by atoms with Crippen molar-refractivity contribution in [2.24, 2.45) is 16.6 Å². The molecule has 0 saturated carbocycles. The number of carbonyl (C=O) groups is 1. The van der Waals surface area contributed by atoms with Crippen molar-refractivity contribution >= 4 is 22.8 Å². The van der Waals surface area contributed by atoms with Crippen molar-refractivity contribution in [3.63, 3.8) is 0 Å². The van der Waals surface area contributed by atoms with E-state index in [0.29, 0.717) is 11.8 Å². The van der Waals surface area contributed by atoms with Gasteiger partial charge in [-0.25, -0.2) is 0 Å². The molecule has 1 amide bonds. The molecule has 0 unspecified atom stereocenters. The molecule has 3 nitrogen and oxygen atoms in total. The second-order valence-electron chi connectivity index (χ2n) is 2.51. The van der Waals surface area contributed by atoms with Gasteiger partial charge in [0.15, 0.2) is 5.17 Å². The van der Waals surface area contributed by atoms with E-state index in [1.54, 1.807) is 0 Å².